The van der Waals surface area contributed by atoms with Crippen molar-refractivity contribution in [3.05, 3.63) is 46.8 Å². The van der Waals surface area contributed by atoms with E-state index >= 15 is 0 Å². The summed E-state index contributed by atoms with van der Waals surface area (Å²) in [7, 11) is -2.72. The summed E-state index contributed by atoms with van der Waals surface area (Å²) in [6.07, 6.45) is -0.273. The molecular weight excluding hydrogens is 299 g/mol. The summed E-state index contributed by atoms with van der Waals surface area (Å²) in [6, 6.07) is 8.63. The van der Waals surface area contributed by atoms with Gasteiger partial charge in [0, 0.05) is 10.3 Å². The van der Waals surface area contributed by atoms with Crippen molar-refractivity contribution in [3.8, 4) is 10.4 Å². The molecular formula is C13H13O5PS. The highest BCUT2D eigenvalue weighted by Gasteiger charge is 2.14. The second-order valence-corrected chi connectivity index (χ2v) is 6.77. The van der Waals surface area contributed by atoms with Crippen molar-refractivity contribution in [1.29, 1.82) is 0 Å². The second-order valence-electron chi connectivity index (χ2n) is 4.21. The molecule has 0 radical (unpaired) electrons. The summed E-state index contributed by atoms with van der Waals surface area (Å²) in [6.45, 7) is 0. The number of hydrogen-bond donors (Lipinski definition) is 2. The summed E-state index contributed by atoms with van der Waals surface area (Å²) < 4.78 is 15.6. The molecule has 0 aliphatic heterocycles. The number of thiophene rings is 1. The van der Waals surface area contributed by atoms with Gasteiger partial charge in [0.25, 0.3) is 0 Å². The van der Waals surface area contributed by atoms with Crippen LogP contribution in [0.5, 0.6) is 0 Å². The van der Waals surface area contributed by atoms with Crippen molar-refractivity contribution >= 4 is 24.9 Å². The predicted molar refractivity (Wildman–Crippen MR) is 76.8 cm³/mol. The molecule has 0 unspecified atom stereocenters. The Hall–Kier alpha value is -1.46. The highest BCUT2D eigenvalue weighted by Crippen LogP contribution is 2.39. The molecule has 20 heavy (non-hydrogen) atoms. The van der Waals surface area contributed by atoms with Gasteiger partial charge in [-0.2, -0.15) is 0 Å². The molecule has 2 aromatic rings. The van der Waals surface area contributed by atoms with E-state index in [1.807, 2.05) is 0 Å². The summed E-state index contributed by atoms with van der Waals surface area (Å²) in [5.74, 6) is -0.384. The molecule has 0 spiro atoms. The Balaban J connectivity index is 2.20. The normalized spacial score (nSPS) is 11.3. The van der Waals surface area contributed by atoms with Crippen LogP contribution >= 0.6 is 18.9 Å². The largest absolute Gasteiger partial charge is 0.465 e. The van der Waals surface area contributed by atoms with E-state index in [9.17, 15) is 9.36 Å². The molecule has 0 amide bonds. The average Bonchev–Trinajstić information content (AvgIpc) is 2.86. The van der Waals surface area contributed by atoms with Crippen molar-refractivity contribution < 1.29 is 23.9 Å². The van der Waals surface area contributed by atoms with E-state index in [1.54, 1.807) is 35.7 Å². The Bertz CT molecular complexity index is 656. The monoisotopic (exact) mass is 312 g/mol. The maximum atomic E-state index is 11.4. The maximum absolute atomic E-state index is 11.4. The third kappa shape index (κ3) is 3.77. The number of carbonyl (C=O) groups excluding carboxylic acids is 1. The molecule has 0 aliphatic rings. The van der Waals surface area contributed by atoms with E-state index in [0.717, 1.165) is 10.4 Å². The lowest BCUT2D eigenvalue weighted by Gasteiger charge is -2.04. The number of rotatable bonds is 4. The zero-order chi connectivity index (χ0) is 14.8. The van der Waals surface area contributed by atoms with Crippen LogP contribution in [0.25, 0.3) is 10.4 Å². The Morgan fingerprint density at radius 3 is 2.50 bits per heavy atom. The molecule has 1 aromatic heterocycles. The van der Waals surface area contributed by atoms with E-state index in [-0.39, 0.29) is 12.1 Å². The molecule has 1 heterocycles. The molecule has 0 fully saturated rings. The third-order valence-corrected chi connectivity index (χ3v) is 4.40. The van der Waals surface area contributed by atoms with E-state index in [2.05, 4.69) is 4.74 Å². The Morgan fingerprint density at radius 1 is 1.30 bits per heavy atom. The van der Waals surface area contributed by atoms with Gasteiger partial charge in [0.15, 0.2) is 0 Å². The van der Waals surface area contributed by atoms with E-state index in [0.29, 0.717) is 11.1 Å². The number of carbonyl (C=O) groups is 1. The Labute approximate surface area is 120 Å². The first-order valence-corrected chi connectivity index (χ1v) is 8.37. The van der Waals surface area contributed by atoms with Crippen LogP contribution in [0.1, 0.15) is 15.9 Å². The van der Waals surface area contributed by atoms with Crippen LogP contribution in [0.2, 0.25) is 0 Å². The third-order valence-electron chi connectivity index (χ3n) is 2.65. The van der Waals surface area contributed by atoms with Gasteiger partial charge >= 0.3 is 13.6 Å². The lowest BCUT2D eigenvalue weighted by Crippen LogP contribution is -1.97. The number of methoxy groups -OCH3 is 1. The zero-order valence-electron chi connectivity index (χ0n) is 10.6. The van der Waals surface area contributed by atoms with Crippen LogP contribution in [0.15, 0.2) is 35.7 Å². The van der Waals surface area contributed by atoms with Crippen LogP contribution in [-0.2, 0) is 15.5 Å². The number of benzene rings is 1. The topological polar surface area (TPSA) is 83.8 Å². The smallest absolute Gasteiger partial charge is 0.338 e. The van der Waals surface area contributed by atoms with Crippen LogP contribution in [0.3, 0.4) is 0 Å². The van der Waals surface area contributed by atoms with Gasteiger partial charge in [-0.3, -0.25) is 4.57 Å². The molecule has 5 nitrogen and oxygen atoms in total. The van der Waals surface area contributed by atoms with Crippen LogP contribution in [-0.4, -0.2) is 22.9 Å². The highest BCUT2D eigenvalue weighted by molar-refractivity contribution is 7.50. The van der Waals surface area contributed by atoms with E-state index in [4.69, 9.17) is 9.79 Å². The number of hydrogen-bond acceptors (Lipinski definition) is 4. The molecule has 2 N–H and O–H groups in total. The summed E-state index contributed by atoms with van der Waals surface area (Å²) in [5, 5.41) is 1.71. The Kier molecular flexibility index (Phi) is 4.40. The van der Waals surface area contributed by atoms with Crippen molar-refractivity contribution in [2.75, 3.05) is 7.11 Å². The molecule has 7 heteroatoms. The quantitative estimate of drug-likeness (QED) is 0.670. The molecule has 0 atom stereocenters. The summed E-state index contributed by atoms with van der Waals surface area (Å²) in [5.41, 5.74) is 1.96. The van der Waals surface area contributed by atoms with Crippen LogP contribution < -0.4 is 0 Å². The van der Waals surface area contributed by atoms with Gasteiger partial charge < -0.3 is 14.5 Å². The molecule has 1 aromatic carbocycles. The summed E-state index contributed by atoms with van der Waals surface area (Å²) in [4.78, 5) is 30.1. The van der Waals surface area contributed by atoms with Crippen LogP contribution in [0, 0.1) is 0 Å². The highest BCUT2D eigenvalue weighted by atomic mass is 32.1. The van der Waals surface area contributed by atoms with E-state index < -0.39 is 7.60 Å². The first-order valence-electron chi connectivity index (χ1n) is 5.70. The van der Waals surface area contributed by atoms with Gasteiger partial charge in [-0.25, -0.2) is 4.79 Å². The molecule has 106 valence electrons. The van der Waals surface area contributed by atoms with E-state index in [1.165, 1.54) is 18.4 Å². The van der Waals surface area contributed by atoms with Crippen molar-refractivity contribution in [1.82, 2.24) is 0 Å². The predicted octanol–water partition coefficient (Wildman–Crippen LogP) is 2.88. The number of esters is 1. The van der Waals surface area contributed by atoms with Gasteiger partial charge in [0.2, 0.25) is 0 Å². The minimum Gasteiger partial charge on any atom is -0.465 e. The zero-order valence-corrected chi connectivity index (χ0v) is 12.4. The fourth-order valence-corrected chi connectivity index (χ4v) is 3.30. The molecule has 0 bridgehead atoms. The first kappa shape index (κ1) is 14.9. The van der Waals surface area contributed by atoms with Gasteiger partial charge in [-0.15, -0.1) is 11.3 Å². The lowest BCUT2D eigenvalue weighted by atomic mass is 10.1. The Morgan fingerprint density at radius 2 is 1.95 bits per heavy atom. The SMILES string of the molecule is COC(=O)c1csc(-c2ccc(CP(=O)(O)O)cc2)c1. The standard InChI is InChI=1S/C13H13O5PS/c1-18-13(14)11-6-12(20-8-11)10-4-2-9(3-5-10)7-19(15,16)17/h2-6,8H,7H2,1H3,(H2,15,16,17). The molecule has 0 saturated carbocycles. The fourth-order valence-electron chi connectivity index (χ4n) is 1.72. The molecule has 0 aliphatic carbocycles. The van der Waals surface area contributed by atoms with Crippen molar-refractivity contribution in [3.63, 3.8) is 0 Å². The maximum Gasteiger partial charge on any atom is 0.338 e. The second kappa shape index (κ2) is 5.89. The minimum absolute atomic E-state index is 0.273. The minimum atomic E-state index is -4.05. The van der Waals surface area contributed by atoms with Crippen LogP contribution in [0.4, 0.5) is 0 Å². The van der Waals surface area contributed by atoms with Crippen molar-refractivity contribution in [2.45, 2.75) is 6.16 Å². The van der Waals surface area contributed by atoms with Gasteiger partial charge in [0.1, 0.15) is 0 Å². The average molecular weight is 312 g/mol. The van der Waals surface area contributed by atoms with Gasteiger partial charge in [-0.05, 0) is 17.2 Å². The van der Waals surface area contributed by atoms with Crippen molar-refractivity contribution in [2.24, 2.45) is 0 Å². The van der Waals surface area contributed by atoms with Gasteiger partial charge in [-0.1, -0.05) is 24.3 Å². The fraction of sp³-hybridized carbons (Fsp3) is 0.154. The first-order chi connectivity index (χ1) is 9.39. The summed E-state index contributed by atoms with van der Waals surface area (Å²) >= 11 is 1.41. The molecule has 2 rings (SSSR count). The van der Waals surface area contributed by atoms with Gasteiger partial charge in [0.05, 0.1) is 18.8 Å². The molecule has 0 saturated heterocycles. The number of ether oxygens (including phenoxy) is 1. The lowest BCUT2D eigenvalue weighted by molar-refractivity contribution is 0.0601.